The van der Waals surface area contributed by atoms with E-state index in [2.05, 4.69) is 0 Å². The summed E-state index contributed by atoms with van der Waals surface area (Å²) in [5.41, 5.74) is 5.22. The highest BCUT2D eigenvalue weighted by molar-refractivity contribution is 6.30. The minimum absolute atomic E-state index is 0.0174. The summed E-state index contributed by atoms with van der Waals surface area (Å²) in [6.07, 6.45) is -1.22. The van der Waals surface area contributed by atoms with E-state index in [1.54, 1.807) is 19.1 Å². The van der Waals surface area contributed by atoms with Crippen molar-refractivity contribution in [1.82, 2.24) is 0 Å². The molecule has 0 spiro atoms. The van der Waals surface area contributed by atoms with Gasteiger partial charge in [-0.3, -0.25) is 9.59 Å². The van der Waals surface area contributed by atoms with Crippen LogP contribution in [0.15, 0.2) is 24.3 Å². The van der Waals surface area contributed by atoms with Gasteiger partial charge in [0, 0.05) is 47.6 Å². The monoisotopic (exact) mass is 467 g/mol. The largest absolute Gasteiger partial charge is 0.507 e. The molecule has 8 nitrogen and oxygen atoms in total. The molecule has 2 aliphatic carbocycles. The van der Waals surface area contributed by atoms with E-state index >= 15 is 0 Å². The van der Waals surface area contributed by atoms with E-state index in [9.17, 15) is 24.9 Å². The van der Waals surface area contributed by atoms with Crippen LogP contribution in [-0.2, 0) is 15.9 Å². The summed E-state index contributed by atoms with van der Waals surface area (Å²) in [4.78, 5) is 26.5. The lowest BCUT2D eigenvalue weighted by Crippen LogP contribution is -2.47. The topological polar surface area (TPSA) is 139 Å². The zero-order valence-corrected chi connectivity index (χ0v) is 19.4. The Bertz CT molecular complexity index is 1190. The summed E-state index contributed by atoms with van der Waals surface area (Å²) in [6, 6.07) is 6.16. The van der Waals surface area contributed by atoms with Crippen LogP contribution in [0.25, 0.3) is 0 Å². The maximum absolute atomic E-state index is 13.3. The van der Waals surface area contributed by atoms with Crippen LogP contribution < -0.4 is 5.73 Å². The smallest absolute Gasteiger partial charge is 0.198 e. The first kappa shape index (κ1) is 23.0. The summed E-state index contributed by atoms with van der Waals surface area (Å²) >= 11 is 0. The molecule has 8 heteroatoms. The lowest BCUT2D eigenvalue weighted by molar-refractivity contribution is -0.236. The number of ether oxygens (including phenoxy) is 2. The standard InChI is InChI=1S/C26H29NO7/c1-11-12(2)33-18(8-16(11)27)34-17-10-26(3,32)9-15-19(17)25(31)21-20(24(15)30)22(28)13-6-4-5-7-14(13)23(21)29/h4-7,11-12,16-18,30-32H,8-10,27H2,1-3H3. The molecule has 5 N–H and O–H groups in total. The number of hydrogen-bond acceptors (Lipinski definition) is 8. The molecule has 1 fully saturated rings. The highest BCUT2D eigenvalue weighted by atomic mass is 16.7. The van der Waals surface area contributed by atoms with Crippen molar-refractivity contribution in [2.45, 2.75) is 70.2 Å². The maximum Gasteiger partial charge on any atom is 0.198 e. The minimum atomic E-state index is -1.29. The highest BCUT2D eigenvalue weighted by Gasteiger charge is 2.45. The Hall–Kier alpha value is -2.78. The predicted octanol–water partition coefficient (Wildman–Crippen LogP) is 2.73. The van der Waals surface area contributed by atoms with Gasteiger partial charge < -0.3 is 30.5 Å². The summed E-state index contributed by atoms with van der Waals surface area (Å²) < 4.78 is 12.2. The Morgan fingerprint density at radius 1 is 1.06 bits per heavy atom. The third-order valence-corrected chi connectivity index (χ3v) is 7.53. The van der Waals surface area contributed by atoms with Crippen LogP contribution in [0.4, 0.5) is 0 Å². The van der Waals surface area contributed by atoms with Crippen LogP contribution in [0.2, 0.25) is 0 Å². The van der Waals surface area contributed by atoms with Crippen LogP contribution in [-0.4, -0.2) is 50.9 Å². The minimum Gasteiger partial charge on any atom is -0.507 e. The number of carbonyl (C=O) groups excluding carboxylic acids is 2. The molecule has 2 aromatic carbocycles. The molecule has 1 aliphatic heterocycles. The molecular weight excluding hydrogens is 438 g/mol. The second kappa shape index (κ2) is 7.88. The van der Waals surface area contributed by atoms with Gasteiger partial charge in [0.1, 0.15) is 11.5 Å². The Kier molecular flexibility index (Phi) is 5.33. The van der Waals surface area contributed by atoms with Crippen molar-refractivity contribution < 1.29 is 34.4 Å². The first-order valence-electron chi connectivity index (χ1n) is 11.6. The number of nitrogens with two attached hydrogens (primary N) is 1. The van der Waals surface area contributed by atoms with Crippen molar-refractivity contribution in [2.75, 3.05) is 0 Å². The fourth-order valence-electron chi connectivity index (χ4n) is 5.45. The highest BCUT2D eigenvalue weighted by Crippen LogP contribution is 2.51. The van der Waals surface area contributed by atoms with Gasteiger partial charge in [0.15, 0.2) is 17.9 Å². The predicted molar refractivity (Wildman–Crippen MR) is 122 cm³/mol. The summed E-state index contributed by atoms with van der Waals surface area (Å²) in [7, 11) is 0. The zero-order chi connectivity index (χ0) is 24.5. The Morgan fingerprint density at radius 2 is 1.65 bits per heavy atom. The van der Waals surface area contributed by atoms with Gasteiger partial charge in [-0.2, -0.15) is 0 Å². The molecule has 2 aromatic rings. The van der Waals surface area contributed by atoms with Crippen LogP contribution in [0, 0.1) is 5.92 Å². The Labute approximate surface area is 197 Å². The molecule has 6 unspecified atom stereocenters. The molecule has 0 aromatic heterocycles. The number of benzene rings is 2. The summed E-state index contributed by atoms with van der Waals surface area (Å²) in [6.45, 7) is 5.51. The molecule has 1 heterocycles. The number of aromatic hydroxyl groups is 2. The molecule has 0 saturated carbocycles. The number of ketones is 2. The maximum atomic E-state index is 13.3. The number of aliphatic hydroxyl groups is 1. The molecule has 34 heavy (non-hydrogen) atoms. The van der Waals surface area contributed by atoms with Gasteiger partial charge in [-0.1, -0.05) is 31.2 Å². The second-order valence-electron chi connectivity index (χ2n) is 10.1. The van der Waals surface area contributed by atoms with Gasteiger partial charge in [0.05, 0.1) is 28.9 Å². The van der Waals surface area contributed by atoms with Crippen molar-refractivity contribution in [2.24, 2.45) is 11.7 Å². The summed E-state index contributed by atoms with van der Waals surface area (Å²) in [5.74, 6) is -1.77. The molecule has 5 rings (SSSR count). The van der Waals surface area contributed by atoms with Crippen LogP contribution in [0.1, 0.15) is 82.7 Å². The molecule has 3 aliphatic rings. The SMILES string of the molecule is CC1OC(OC2CC(C)(O)Cc3c(O)c4c(c(O)c32)C(=O)c2ccccc2C4=O)CC(N)C1C. The van der Waals surface area contributed by atoms with Crippen LogP contribution >= 0.6 is 0 Å². The van der Waals surface area contributed by atoms with Gasteiger partial charge >= 0.3 is 0 Å². The lowest BCUT2D eigenvalue weighted by atomic mass is 9.73. The fraction of sp³-hybridized carbons (Fsp3) is 0.462. The number of carbonyl (C=O) groups is 2. The van der Waals surface area contributed by atoms with Crippen LogP contribution in [0.5, 0.6) is 11.5 Å². The van der Waals surface area contributed by atoms with E-state index in [0.29, 0.717) is 6.42 Å². The van der Waals surface area contributed by atoms with Crippen molar-refractivity contribution >= 4 is 11.6 Å². The summed E-state index contributed by atoms with van der Waals surface area (Å²) in [5, 5.41) is 33.5. The number of hydrogen-bond donors (Lipinski definition) is 4. The van der Waals surface area contributed by atoms with Crippen molar-refractivity contribution in [3.05, 3.63) is 57.6 Å². The molecule has 0 radical (unpaired) electrons. The number of rotatable bonds is 2. The first-order valence-corrected chi connectivity index (χ1v) is 11.6. The third kappa shape index (κ3) is 3.44. The van der Waals surface area contributed by atoms with Gasteiger partial charge in [-0.25, -0.2) is 0 Å². The molecule has 1 saturated heterocycles. The van der Waals surface area contributed by atoms with Crippen LogP contribution in [0.3, 0.4) is 0 Å². The van der Waals surface area contributed by atoms with E-state index in [0.717, 1.165) is 0 Å². The Balaban J connectivity index is 1.63. The average Bonchev–Trinajstić information content (AvgIpc) is 2.77. The van der Waals surface area contributed by atoms with Gasteiger partial charge in [0.2, 0.25) is 0 Å². The molecule has 0 bridgehead atoms. The quantitative estimate of drug-likeness (QED) is 0.422. The van der Waals surface area contributed by atoms with Crippen molar-refractivity contribution in [3.8, 4) is 11.5 Å². The average molecular weight is 468 g/mol. The molecule has 180 valence electrons. The molecule has 0 amide bonds. The number of phenols is 2. The van der Waals surface area contributed by atoms with Crippen molar-refractivity contribution in [1.29, 1.82) is 0 Å². The lowest BCUT2D eigenvalue weighted by Gasteiger charge is -2.42. The Morgan fingerprint density at radius 3 is 2.24 bits per heavy atom. The van der Waals surface area contributed by atoms with Crippen molar-refractivity contribution in [3.63, 3.8) is 0 Å². The van der Waals surface area contributed by atoms with Gasteiger partial charge in [-0.05, 0) is 19.8 Å². The van der Waals surface area contributed by atoms with E-state index in [1.165, 1.54) is 12.1 Å². The number of fused-ring (bicyclic) bond motifs is 3. The van der Waals surface area contributed by atoms with Gasteiger partial charge in [-0.15, -0.1) is 0 Å². The third-order valence-electron chi connectivity index (χ3n) is 7.53. The van der Waals surface area contributed by atoms with E-state index in [4.69, 9.17) is 15.2 Å². The second-order valence-corrected chi connectivity index (χ2v) is 10.1. The molecular formula is C26H29NO7. The van der Waals surface area contributed by atoms with Gasteiger partial charge in [0.25, 0.3) is 0 Å². The first-order chi connectivity index (χ1) is 16.0. The fourth-order valence-corrected chi connectivity index (χ4v) is 5.45. The number of phenolic OH excluding ortho intramolecular Hbond substituents is 2. The molecule has 6 atom stereocenters. The van der Waals surface area contributed by atoms with E-state index in [-0.39, 0.29) is 64.3 Å². The van der Waals surface area contributed by atoms with E-state index < -0.39 is 41.1 Å². The zero-order valence-electron chi connectivity index (χ0n) is 19.4. The van der Waals surface area contributed by atoms with E-state index in [1.807, 2.05) is 13.8 Å². The normalized spacial score (nSPS) is 32.7.